The number of ether oxygens (including phenoxy) is 1. The summed E-state index contributed by atoms with van der Waals surface area (Å²) in [6, 6.07) is 9.45. The maximum absolute atomic E-state index is 11.2. The van der Waals surface area contributed by atoms with Crippen LogP contribution in [0.15, 0.2) is 30.3 Å². The highest BCUT2D eigenvalue weighted by Gasteiger charge is 2.39. The minimum absolute atomic E-state index is 0.323. The fraction of sp³-hybridized carbons (Fsp3) is 0.679. The van der Waals surface area contributed by atoms with E-state index >= 15 is 0 Å². The lowest BCUT2D eigenvalue weighted by atomic mass is 9.78. The monoisotopic (exact) mass is 490 g/mol. The first-order valence-corrected chi connectivity index (χ1v) is 15.2. The molecule has 0 aromatic heterocycles. The van der Waals surface area contributed by atoms with Crippen molar-refractivity contribution in [3.05, 3.63) is 41.5 Å². The first-order valence-electron chi connectivity index (χ1n) is 13.3. The zero-order valence-electron chi connectivity index (χ0n) is 21.9. The van der Waals surface area contributed by atoms with Gasteiger partial charge in [-0.15, -0.1) is 0 Å². The average molecular weight is 491 g/mol. The van der Waals surface area contributed by atoms with Crippen LogP contribution in [-0.4, -0.2) is 41.7 Å². The lowest BCUT2D eigenvalue weighted by Crippen LogP contribution is -2.45. The SMILES string of the molecule is CCO[Si](CCCCC1CCC(CCc2ccc(/C=C/C(=O)OC)cc2)CC1)(OCC)OCC. The van der Waals surface area contributed by atoms with Crippen molar-refractivity contribution in [1.29, 1.82) is 0 Å². The Labute approximate surface area is 208 Å². The molecule has 0 saturated heterocycles. The second-order valence-corrected chi connectivity index (χ2v) is 12.0. The Kier molecular flexibility index (Phi) is 13.7. The van der Waals surface area contributed by atoms with Crippen LogP contribution in [0.25, 0.3) is 6.08 Å². The highest BCUT2D eigenvalue weighted by atomic mass is 28.4. The van der Waals surface area contributed by atoms with Crippen molar-refractivity contribution in [1.82, 2.24) is 0 Å². The highest BCUT2D eigenvalue weighted by Crippen LogP contribution is 2.34. The van der Waals surface area contributed by atoms with Crippen molar-refractivity contribution in [2.24, 2.45) is 11.8 Å². The quantitative estimate of drug-likeness (QED) is 0.110. The summed E-state index contributed by atoms with van der Waals surface area (Å²) >= 11 is 0. The van der Waals surface area contributed by atoms with Gasteiger partial charge in [-0.2, -0.15) is 0 Å². The predicted molar refractivity (Wildman–Crippen MR) is 141 cm³/mol. The van der Waals surface area contributed by atoms with Gasteiger partial charge in [0.2, 0.25) is 0 Å². The number of methoxy groups -OCH3 is 1. The molecule has 0 amide bonds. The van der Waals surface area contributed by atoms with E-state index in [0.29, 0.717) is 19.8 Å². The average Bonchev–Trinajstić information content (AvgIpc) is 2.86. The van der Waals surface area contributed by atoms with Gasteiger partial charge >= 0.3 is 14.8 Å². The Morgan fingerprint density at radius 3 is 1.97 bits per heavy atom. The molecule has 0 radical (unpaired) electrons. The molecule has 34 heavy (non-hydrogen) atoms. The van der Waals surface area contributed by atoms with Crippen LogP contribution >= 0.6 is 0 Å². The number of hydrogen-bond donors (Lipinski definition) is 0. The second-order valence-electron chi connectivity index (χ2n) is 9.25. The Morgan fingerprint density at radius 2 is 1.44 bits per heavy atom. The van der Waals surface area contributed by atoms with Crippen LogP contribution in [0.3, 0.4) is 0 Å². The number of benzene rings is 1. The third kappa shape index (κ3) is 10.4. The second kappa shape index (κ2) is 16.2. The summed E-state index contributed by atoms with van der Waals surface area (Å²) in [4.78, 5) is 11.2. The molecule has 2 rings (SSSR count). The maximum Gasteiger partial charge on any atom is 0.500 e. The summed E-state index contributed by atoms with van der Waals surface area (Å²) in [7, 11) is -1.08. The number of carbonyl (C=O) groups is 1. The number of carbonyl (C=O) groups excluding carboxylic acids is 1. The van der Waals surface area contributed by atoms with Gasteiger partial charge in [0, 0.05) is 31.9 Å². The standard InChI is InChI=1S/C28H46O5Si/c1-5-31-34(32-6-2,33-7-3)23-9-8-10-24-11-13-25(14-12-24)15-16-26-17-19-27(20-18-26)21-22-28(29)30-4/h17-22,24-25H,5-16,23H2,1-4H3/b22-21+. The van der Waals surface area contributed by atoms with E-state index < -0.39 is 8.80 Å². The zero-order valence-corrected chi connectivity index (χ0v) is 22.9. The molecule has 192 valence electrons. The largest absolute Gasteiger partial charge is 0.500 e. The Hall–Kier alpha value is -1.47. The molecule has 1 aliphatic carbocycles. The van der Waals surface area contributed by atoms with Crippen LogP contribution in [0.1, 0.15) is 83.3 Å². The summed E-state index contributed by atoms with van der Waals surface area (Å²) in [5.74, 6) is 1.40. The molecule has 0 unspecified atom stereocenters. The van der Waals surface area contributed by atoms with Crippen LogP contribution in [0.5, 0.6) is 0 Å². The molecule has 5 nitrogen and oxygen atoms in total. The Bertz CT molecular complexity index is 693. The number of hydrogen-bond acceptors (Lipinski definition) is 5. The van der Waals surface area contributed by atoms with Crippen molar-refractivity contribution < 1.29 is 22.8 Å². The number of rotatable bonds is 16. The molecule has 6 heteroatoms. The molecule has 0 N–H and O–H groups in total. The van der Waals surface area contributed by atoms with Gasteiger partial charge in [0.05, 0.1) is 7.11 Å². The van der Waals surface area contributed by atoms with Gasteiger partial charge in [-0.3, -0.25) is 0 Å². The van der Waals surface area contributed by atoms with Crippen molar-refractivity contribution >= 4 is 20.8 Å². The van der Waals surface area contributed by atoms with Gasteiger partial charge in [-0.05, 0) is 69.1 Å². The van der Waals surface area contributed by atoms with Crippen molar-refractivity contribution in [2.75, 3.05) is 26.9 Å². The lowest BCUT2D eigenvalue weighted by molar-refractivity contribution is -0.134. The van der Waals surface area contributed by atoms with E-state index in [1.807, 2.05) is 20.8 Å². The topological polar surface area (TPSA) is 54.0 Å². The van der Waals surface area contributed by atoms with E-state index in [0.717, 1.165) is 36.3 Å². The van der Waals surface area contributed by atoms with Crippen LogP contribution in [0, 0.1) is 11.8 Å². The van der Waals surface area contributed by atoms with Crippen LogP contribution in [0.4, 0.5) is 0 Å². The summed E-state index contributed by atoms with van der Waals surface area (Å²) in [6.45, 7) is 8.06. The molecule has 1 fully saturated rings. The minimum Gasteiger partial charge on any atom is -0.466 e. The van der Waals surface area contributed by atoms with Gasteiger partial charge in [0.15, 0.2) is 0 Å². The van der Waals surface area contributed by atoms with Crippen molar-refractivity contribution in [2.45, 2.75) is 84.6 Å². The third-order valence-electron chi connectivity index (χ3n) is 6.84. The number of aryl methyl sites for hydroxylation is 1. The van der Waals surface area contributed by atoms with E-state index in [1.165, 1.54) is 63.7 Å². The predicted octanol–water partition coefficient (Wildman–Crippen LogP) is 6.83. The molecular formula is C28H46O5Si. The van der Waals surface area contributed by atoms with E-state index in [4.69, 9.17) is 13.3 Å². The third-order valence-corrected chi connectivity index (χ3v) is 9.99. The van der Waals surface area contributed by atoms with E-state index in [9.17, 15) is 4.79 Å². The Morgan fingerprint density at radius 1 is 0.882 bits per heavy atom. The molecule has 0 bridgehead atoms. The lowest BCUT2D eigenvalue weighted by Gasteiger charge is -2.30. The van der Waals surface area contributed by atoms with Gasteiger partial charge in [-0.25, -0.2) is 4.79 Å². The fourth-order valence-corrected chi connectivity index (χ4v) is 7.67. The van der Waals surface area contributed by atoms with E-state index in [1.54, 1.807) is 6.08 Å². The van der Waals surface area contributed by atoms with Gasteiger partial charge in [0.25, 0.3) is 0 Å². The van der Waals surface area contributed by atoms with Crippen LogP contribution in [-0.2, 0) is 29.2 Å². The molecule has 0 heterocycles. The Balaban J connectivity index is 1.65. The normalized spacial score (nSPS) is 18.9. The first-order chi connectivity index (χ1) is 16.5. The van der Waals surface area contributed by atoms with Crippen LogP contribution in [0.2, 0.25) is 6.04 Å². The molecule has 1 aromatic rings. The smallest absolute Gasteiger partial charge is 0.466 e. The molecule has 1 aromatic carbocycles. The number of unbranched alkanes of at least 4 members (excludes halogenated alkanes) is 1. The van der Waals surface area contributed by atoms with E-state index in [2.05, 4.69) is 29.0 Å². The van der Waals surface area contributed by atoms with Crippen LogP contribution < -0.4 is 0 Å². The van der Waals surface area contributed by atoms with Gasteiger partial charge in [0.1, 0.15) is 0 Å². The zero-order chi connectivity index (χ0) is 24.7. The fourth-order valence-electron chi connectivity index (χ4n) is 4.98. The van der Waals surface area contributed by atoms with Gasteiger partial charge < -0.3 is 18.0 Å². The van der Waals surface area contributed by atoms with Crippen molar-refractivity contribution in [3.63, 3.8) is 0 Å². The molecule has 1 aliphatic rings. The minimum atomic E-state index is -2.48. The molecule has 0 aliphatic heterocycles. The first kappa shape index (κ1) is 28.8. The molecule has 0 atom stereocenters. The summed E-state index contributed by atoms with van der Waals surface area (Å²) in [6.07, 6.45) is 14.8. The highest BCUT2D eigenvalue weighted by molar-refractivity contribution is 6.60. The number of esters is 1. The summed E-state index contributed by atoms with van der Waals surface area (Å²) < 4.78 is 22.6. The maximum atomic E-state index is 11.2. The van der Waals surface area contributed by atoms with Gasteiger partial charge in [-0.1, -0.05) is 62.8 Å². The molecule has 1 saturated carbocycles. The summed E-state index contributed by atoms with van der Waals surface area (Å²) in [5.41, 5.74) is 2.40. The van der Waals surface area contributed by atoms with Crippen molar-refractivity contribution in [3.8, 4) is 0 Å². The summed E-state index contributed by atoms with van der Waals surface area (Å²) in [5, 5.41) is 0. The molecule has 0 spiro atoms. The van der Waals surface area contributed by atoms with E-state index in [-0.39, 0.29) is 5.97 Å². The molecular weight excluding hydrogens is 444 g/mol.